The Morgan fingerprint density at radius 1 is 1.12 bits per heavy atom. The molecule has 2 aromatic rings. The van der Waals surface area contributed by atoms with E-state index in [2.05, 4.69) is 10.3 Å². The monoisotopic (exact) mass is 477 g/mol. The summed E-state index contributed by atoms with van der Waals surface area (Å²) in [4.78, 5) is 28.2. The zero-order valence-corrected chi connectivity index (χ0v) is 20.3. The molecule has 180 valence electrons. The zero-order chi connectivity index (χ0) is 24.2. The van der Waals surface area contributed by atoms with Crippen molar-refractivity contribution in [1.29, 1.82) is 0 Å². The minimum Gasteiger partial charge on any atom is -0.494 e. The summed E-state index contributed by atoms with van der Waals surface area (Å²) in [6, 6.07) is 7.03. The quantitative estimate of drug-likeness (QED) is 0.564. The van der Waals surface area contributed by atoms with Gasteiger partial charge < -0.3 is 19.8 Å². The Labute approximate surface area is 194 Å². The number of rotatable bonds is 8. The van der Waals surface area contributed by atoms with Crippen LogP contribution in [-0.4, -0.2) is 55.9 Å². The first-order valence-electron chi connectivity index (χ1n) is 11.1. The lowest BCUT2D eigenvalue weighted by molar-refractivity contribution is -0.120. The number of anilines is 1. The number of hydrogen-bond donors (Lipinski definition) is 2. The van der Waals surface area contributed by atoms with Crippen LogP contribution in [0.15, 0.2) is 29.2 Å². The van der Waals surface area contributed by atoms with E-state index in [1.807, 2.05) is 6.92 Å². The maximum atomic E-state index is 13.5. The number of aromatic nitrogens is 1. The molecule has 0 bridgehead atoms. The number of aryl methyl sites for hydroxylation is 2. The first-order chi connectivity index (χ1) is 15.7. The van der Waals surface area contributed by atoms with Gasteiger partial charge in [0.15, 0.2) is 0 Å². The number of benzene rings is 1. The van der Waals surface area contributed by atoms with Crippen LogP contribution in [0, 0.1) is 19.8 Å². The third kappa shape index (κ3) is 5.39. The summed E-state index contributed by atoms with van der Waals surface area (Å²) in [7, 11) is -4.01. The average molecular weight is 478 g/mol. The molecule has 0 spiro atoms. The average Bonchev–Trinajstić information content (AvgIpc) is 3.10. The van der Waals surface area contributed by atoms with Gasteiger partial charge >= 0.3 is 5.97 Å². The molecule has 33 heavy (non-hydrogen) atoms. The number of ether oxygens (including phenoxy) is 2. The molecule has 1 unspecified atom stereocenters. The number of carbonyl (C=O) groups is 2. The Hall–Kier alpha value is -2.85. The number of nitrogens with zero attached hydrogens (tertiary/aromatic N) is 1. The van der Waals surface area contributed by atoms with Gasteiger partial charge in [0.1, 0.15) is 16.2 Å². The lowest BCUT2D eigenvalue weighted by atomic mass is 9.99. The summed E-state index contributed by atoms with van der Waals surface area (Å²) < 4.78 is 38.8. The number of piperidine rings is 1. The van der Waals surface area contributed by atoms with E-state index in [-0.39, 0.29) is 36.1 Å². The van der Waals surface area contributed by atoms with E-state index in [4.69, 9.17) is 9.47 Å². The van der Waals surface area contributed by atoms with Crippen LogP contribution >= 0.6 is 0 Å². The van der Waals surface area contributed by atoms with Gasteiger partial charge in [-0.2, -0.15) is 4.31 Å². The smallest absolute Gasteiger partial charge is 0.341 e. The van der Waals surface area contributed by atoms with Gasteiger partial charge in [-0.15, -0.1) is 0 Å². The van der Waals surface area contributed by atoms with Crippen molar-refractivity contribution in [3.8, 4) is 5.75 Å². The van der Waals surface area contributed by atoms with Gasteiger partial charge in [-0.3, -0.25) is 4.79 Å². The zero-order valence-electron chi connectivity index (χ0n) is 19.4. The molecule has 1 atom stereocenters. The molecule has 3 rings (SSSR count). The molecule has 10 heteroatoms. The predicted octanol–water partition coefficient (Wildman–Crippen LogP) is 3.25. The second kappa shape index (κ2) is 10.4. The van der Waals surface area contributed by atoms with Crippen molar-refractivity contribution in [2.75, 3.05) is 31.6 Å². The van der Waals surface area contributed by atoms with E-state index in [0.29, 0.717) is 42.3 Å². The molecule has 0 aliphatic carbocycles. The van der Waals surface area contributed by atoms with Gasteiger partial charge in [-0.1, -0.05) is 0 Å². The lowest BCUT2D eigenvalue weighted by Crippen LogP contribution is -2.44. The van der Waals surface area contributed by atoms with Crippen molar-refractivity contribution in [2.45, 2.75) is 45.4 Å². The first kappa shape index (κ1) is 24.8. The number of H-pyrrole nitrogens is 1. The van der Waals surface area contributed by atoms with Crippen LogP contribution in [0.25, 0.3) is 0 Å². The molecule has 2 N–H and O–H groups in total. The molecule has 0 saturated carbocycles. The van der Waals surface area contributed by atoms with Crippen molar-refractivity contribution >= 4 is 27.6 Å². The van der Waals surface area contributed by atoms with Gasteiger partial charge in [-0.05, 0) is 64.8 Å². The second-order valence-electron chi connectivity index (χ2n) is 7.95. The summed E-state index contributed by atoms with van der Waals surface area (Å²) in [5.74, 6) is -0.724. The summed E-state index contributed by atoms with van der Waals surface area (Å²) in [6.45, 7) is 7.82. The predicted molar refractivity (Wildman–Crippen MR) is 124 cm³/mol. The van der Waals surface area contributed by atoms with Crippen LogP contribution in [-0.2, 0) is 19.6 Å². The van der Waals surface area contributed by atoms with Crippen LogP contribution in [0.3, 0.4) is 0 Å². The number of nitrogens with one attached hydrogen (secondary N) is 2. The van der Waals surface area contributed by atoms with Crippen LogP contribution in [0.2, 0.25) is 0 Å². The van der Waals surface area contributed by atoms with E-state index in [0.717, 1.165) is 0 Å². The van der Waals surface area contributed by atoms with Crippen LogP contribution < -0.4 is 10.1 Å². The van der Waals surface area contributed by atoms with Gasteiger partial charge in [-0.25, -0.2) is 13.2 Å². The lowest BCUT2D eigenvalue weighted by Gasteiger charge is -2.31. The highest BCUT2D eigenvalue weighted by molar-refractivity contribution is 7.89. The Kier molecular flexibility index (Phi) is 7.80. The number of hydrogen-bond acceptors (Lipinski definition) is 6. The maximum absolute atomic E-state index is 13.5. The highest BCUT2D eigenvalue weighted by Gasteiger charge is 2.38. The largest absolute Gasteiger partial charge is 0.494 e. The fraction of sp³-hybridized carbons (Fsp3) is 0.478. The van der Waals surface area contributed by atoms with Crippen LogP contribution in [0.4, 0.5) is 5.69 Å². The fourth-order valence-electron chi connectivity index (χ4n) is 4.08. The molecule has 2 heterocycles. The normalized spacial score (nSPS) is 16.9. The molecular weight excluding hydrogens is 446 g/mol. The third-order valence-electron chi connectivity index (χ3n) is 5.58. The molecule has 1 fully saturated rings. The fourth-order valence-corrected chi connectivity index (χ4v) is 6.02. The van der Waals surface area contributed by atoms with E-state index < -0.39 is 21.9 Å². The summed E-state index contributed by atoms with van der Waals surface area (Å²) >= 11 is 0. The van der Waals surface area contributed by atoms with Gasteiger partial charge in [0.05, 0.1) is 19.1 Å². The summed E-state index contributed by atoms with van der Waals surface area (Å²) in [5.41, 5.74) is 1.45. The Balaban J connectivity index is 1.78. The van der Waals surface area contributed by atoms with E-state index in [9.17, 15) is 18.0 Å². The number of amides is 1. The Bertz CT molecular complexity index is 1110. The Morgan fingerprint density at radius 3 is 2.45 bits per heavy atom. The maximum Gasteiger partial charge on any atom is 0.341 e. The molecule has 1 saturated heterocycles. The van der Waals surface area contributed by atoms with Crippen molar-refractivity contribution < 1.29 is 27.5 Å². The summed E-state index contributed by atoms with van der Waals surface area (Å²) in [6.07, 6.45) is 1.11. The second-order valence-corrected chi connectivity index (χ2v) is 9.82. The van der Waals surface area contributed by atoms with Crippen LogP contribution in [0.1, 0.15) is 48.4 Å². The minimum atomic E-state index is -4.01. The topological polar surface area (TPSA) is 118 Å². The molecule has 1 aromatic heterocycles. The Morgan fingerprint density at radius 2 is 1.82 bits per heavy atom. The number of sulfonamides is 1. The molecule has 1 aliphatic rings. The molecule has 9 nitrogen and oxygen atoms in total. The van der Waals surface area contributed by atoms with Crippen LogP contribution in [0.5, 0.6) is 5.75 Å². The van der Waals surface area contributed by atoms with Gasteiger partial charge in [0.2, 0.25) is 15.9 Å². The van der Waals surface area contributed by atoms with Gasteiger partial charge in [0, 0.05) is 30.2 Å². The van der Waals surface area contributed by atoms with Crippen molar-refractivity contribution in [3.05, 3.63) is 41.2 Å². The van der Waals surface area contributed by atoms with E-state index in [1.54, 1.807) is 45.0 Å². The van der Waals surface area contributed by atoms with Crippen molar-refractivity contribution in [3.63, 3.8) is 0 Å². The number of carbonyl (C=O) groups excluding carboxylic acids is 2. The number of aromatic amines is 1. The molecule has 0 radical (unpaired) electrons. The highest BCUT2D eigenvalue weighted by Crippen LogP contribution is 2.31. The first-order valence-corrected chi connectivity index (χ1v) is 12.5. The van der Waals surface area contributed by atoms with Crippen molar-refractivity contribution in [1.82, 2.24) is 9.29 Å². The standard InChI is InChI=1S/C23H31N3O6S/c1-5-31-19-11-9-18(10-12-19)25-22(27)17-8-7-13-26(14-17)33(29,30)21-16(4)24-15(3)20(21)23(28)32-6-2/h9-12,17,24H,5-8,13-14H2,1-4H3,(H,25,27). The highest BCUT2D eigenvalue weighted by atomic mass is 32.2. The van der Waals surface area contributed by atoms with E-state index in [1.165, 1.54) is 4.31 Å². The minimum absolute atomic E-state index is 0.0234. The SMILES string of the molecule is CCOC(=O)c1c(C)[nH]c(C)c1S(=O)(=O)N1CCCC(C(=O)Nc2ccc(OCC)cc2)C1. The van der Waals surface area contributed by atoms with Gasteiger partial charge in [0.25, 0.3) is 0 Å². The summed E-state index contributed by atoms with van der Waals surface area (Å²) in [5, 5.41) is 2.86. The third-order valence-corrected chi connectivity index (χ3v) is 7.62. The number of esters is 1. The van der Waals surface area contributed by atoms with Crippen molar-refractivity contribution in [2.24, 2.45) is 5.92 Å². The molecular formula is C23H31N3O6S. The van der Waals surface area contributed by atoms with E-state index >= 15 is 0 Å². The molecule has 1 aromatic carbocycles. The molecule has 1 aliphatic heterocycles. The molecule has 1 amide bonds.